The summed E-state index contributed by atoms with van der Waals surface area (Å²) in [6.45, 7) is 34.8. The van der Waals surface area contributed by atoms with Crippen LogP contribution in [0.4, 0.5) is 0 Å². The minimum absolute atomic E-state index is 0. The van der Waals surface area contributed by atoms with Gasteiger partial charge < -0.3 is 58.2 Å². The van der Waals surface area contributed by atoms with E-state index in [2.05, 4.69) is 114 Å². The molecule has 6 saturated carbocycles. The van der Waals surface area contributed by atoms with Gasteiger partial charge in [0.05, 0.1) is 86.7 Å². The van der Waals surface area contributed by atoms with Crippen LogP contribution in [0.5, 0.6) is 0 Å². The van der Waals surface area contributed by atoms with Gasteiger partial charge in [-0.3, -0.25) is 66.6 Å². The monoisotopic (exact) mass is 2500 g/mol. The normalized spacial score (nSPS) is 30.4. The number of hydrogen-bond donors (Lipinski definition) is 3. The molecule has 6 aliphatic carbocycles. The zero-order chi connectivity index (χ0) is 163. The Labute approximate surface area is 1060 Å². The summed E-state index contributed by atoms with van der Waals surface area (Å²) in [4.78, 5) is 132. The van der Waals surface area contributed by atoms with E-state index >= 15 is 0 Å². The van der Waals surface area contributed by atoms with Crippen molar-refractivity contribution in [3.8, 4) is 34.7 Å². The molecule has 12 rings (SSSR count). The maximum atomic E-state index is 12.4. The predicted molar refractivity (Wildman–Crippen MR) is 551 cm³/mol. The number of Topliss-reactive ketones (excluding diaryl/α,β-unsaturated/α-hetero) is 1. The van der Waals surface area contributed by atoms with E-state index in [1.165, 1.54) is 51.9 Å². The first kappa shape index (κ1) is 69.6. The number of carboxylic acids is 1. The Balaban J connectivity index is -0.000000547. The number of halogens is 2. The van der Waals surface area contributed by atoms with Gasteiger partial charge in [-0.15, -0.1) is 12.2 Å². The van der Waals surface area contributed by atoms with Crippen molar-refractivity contribution in [2.75, 3.05) is 91.7 Å². The Bertz CT molecular complexity index is 7560. The number of aromatic nitrogens is 10. The number of esters is 5. The molecule has 2 radical (unpaired) electrons. The maximum absolute atomic E-state index is 12.4. The number of aliphatic carboxylic acids is 1. The number of carboxylic acid groups (broad SMARTS) is 1. The molecule has 6 aromatic rings. The van der Waals surface area contributed by atoms with Crippen LogP contribution in [0.2, 0.25) is 0 Å². The second-order valence-electron chi connectivity index (χ2n) is 28.4. The van der Waals surface area contributed by atoms with Crippen LogP contribution in [0.25, 0.3) is 49.4 Å². The minimum atomic E-state index is -3.56. The third kappa shape index (κ3) is 67.2. The van der Waals surface area contributed by atoms with Crippen LogP contribution in [0, 0.1) is 106 Å². The van der Waals surface area contributed by atoms with E-state index in [9.17, 15) is 52.8 Å². The fourth-order valence-electron chi connectivity index (χ4n) is 8.55. The van der Waals surface area contributed by atoms with E-state index in [-0.39, 0.29) is 176 Å². The van der Waals surface area contributed by atoms with Crippen molar-refractivity contribution in [2.45, 2.75) is 308 Å². The summed E-state index contributed by atoms with van der Waals surface area (Å²) in [5.41, 5.74) is 0.558. The van der Waals surface area contributed by atoms with E-state index in [0.29, 0.717) is 51.8 Å². The van der Waals surface area contributed by atoms with Crippen molar-refractivity contribution in [3.05, 3.63) is 85.5 Å². The first-order valence-corrected chi connectivity index (χ1v) is 43.5. The van der Waals surface area contributed by atoms with E-state index in [1.807, 2.05) is 46.9 Å². The van der Waals surface area contributed by atoms with Gasteiger partial charge >= 0.3 is 125 Å². The van der Waals surface area contributed by atoms with Gasteiger partial charge in [0.1, 0.15) is 55.1 Å². The summed E-state index contributed by atoms with van der Waals surface area (Å²) in [6, 6.07) is 5.00. The molecule has 1 amide bonds. The van der Waals surface area contributed by atoms with Crippen molar-refractivity contribution >= 4 is 125 Å². The van der Waals surface area contributed by atoms with Gasteiger partial charge in [0.2, 0.25) is 12.5 Å². The summed E-state index contributed by atoms with van der Waals surface area (Å²) >= 11 is 4.72. The number of amides is 1. The number of nitrogens with one attached hydrogen (secondary N) is 2. The van der Waals surface area contributed by atoms with Crippen molar-refractivity contribution in [1.82, 2.24) is 59.6 Å². The molecule has 0 aliphatic heterocycles. The standard InChI is InChI=1S/C23H28N6O2.C15H17N5O2.C11H18O4.C8H15NO2.C8H11N.C6H10O3.C6H10O2.C6H10O.C4H8Br2.C4H9O.C4H10O.C2H2NO2P.C2H7NO.C2H5O.BH.K.Na.U/c1-23(2,3)22(30)31-15-28-10-9-18-20(25-14-26-21(18)28)17-11-27-29(13-17)19(12-24-4)16-7-5-6-8-16;1-15(2,3)14(21)22-9-20-5-4-11-12(10-6-18-19-7-10)16-8-17-13(11)20;1-3-14-9(12)11(7-5-6-8-11)10(13)15-4-2;1-9(11-2)8(10)7-5-3-4-6-7;9-7-3-6-8-4-1-2-5-8;1-3-9-6(8)4-5(2)7;7-6(8)5-3-1-2-4-5;7-5-6-3-1-2-4-6;5-3-1-2-4-6;1-4(2,3)5;1-3-5-4-2;3-1-2-5-6-4;1-3-4-2;1-2-3;;;;/h9-11,13-14,16,19H,5-8,12,15H2,1-3H3;4-8H,9H2,1-3H3,(H,18,19);3-8H2,1-2H3;7H,3-6H2,1-2H3;3,6,8H,1-2,4-5H2;3-4H2,1-2H3;5H,1-4H2,(H,7,8);5-6H,1-4H2;1-4H2;1-3H3;3-4H2,1-2H3;2H2;3H,1-2H3;2H2,1H3;1H;;;/q;;;;;;;;;-1;;;;-1;;2*+1;/i5D2,6D2,7D2,8D2,16D;;5D2,6D2,7D2,8D2;3D2,4D2,5D2,6D2,7D;1D2,2D2,4D2,5D2,8D;;1D2,2D2,3D2,4D2,5D;1D2,2D2,3D2,4D2,6D;1D2,2D2,3D2,4D2;;;;;;1D;;;. The molecule has 1 unspecified atom stereocenters. The Morgan fingerprint density at radius 3 is 1.48 bits per heavy atom. The molecule has 6 aromatic heterocycles. The van der Waals surface area contributed by atoms with Gasteiger partial charge in [-0.25, -0.2) is 41.6 Å². The number of hydroxylamine groups is 3. The third-order valence-electron chi connectivity index (χ3n) is 14.6. The van der Waals surface area contributed by atoms with Gasteiger partial charge in [-0.2, -0.15) is 20.7 Å². The number of rotatable bonds is 29. The van der Waals surface area contributed by atoms with Crippen LogP contribution in [0.3, 0.4) is 0 Å². The summed E-state index contributed by atoms with van der Waals surface area (Å²) in [5, 5.41) is 51.3. The van der Waals surface area contributed by atoms with E-state index < -0.39 is 285 Å². The number of nitrogens with zero attached hydrogens (tertiary/aromatic N) is 13. The van der Waals surface area contributed by atoms with E-state index in [0.717, 1.165) is 48.7 Å². The molecular formula is C101H161BBr2KN15NaO22PU. The van der Waals surface area contributed by atoms with Gasteiger partial charge in [0, 0.05) is 226 Å². The average molecular weight is 2500 g/mol. The number of carbonyl (C=O) groups is 9. The van der Waals surface area contributed by atoms with Crippen molar-refractivity contribution in [2.24, 2.45) is 45.7 Å². The zero-order valence-corrected chi connectivity index (χ0v) is 97.3. The largest absolute Gasteiger partial charge is 1.00 e. The summed E-state index contributed by atoms with van der Waals surface area (Å²) < 4.78 is 516. The van der Waals surface area contributed by atoms with Crippen LogP contribution >= 0.6 is 40.5 Å². The summed E-state index contributed by atoms with van der Waals surface area (Å²) in [5.74, 6) is -24.3. The van der Waals surface area contributed by atoms with Crippen molar-refractivity contribution < 1.29 is 301 Å². The fraction of sp³-hybridized carbons (Fsp3) is 0.683. The number of nitriles is 2. The predicted octanol–water partition coefficient (Wildman–Crippen LogP) is 12.1. The number of aldehydes is 1. The quantitative estimate of drug-likeness (QED) is 0.00335. The smallest absolute Gasteiger partial charge is 0.855 e. The number of allylic oxidation sites excluding steroid dienone is 2. The topological polar surface area (TPSA) is 495 Å². The number of ether oxygens (including phenoxy) is 6. The van der Waals surface area contributed by atoms with Crippen LogP contribution in [0.15, 0.2) is 74.1 Å². The van der Waals surface area contributed by atoms with Crippen molar-refractivity contribution in [1.29, 1.82) is 11.9 Å². The Hall–Kier alpha value is -5.97. The van der Waals surface area contributed by atoms with Gasteiger partial charge in [-0.1, -0.05) is 142 Å². The molecule has 37 nitrogen and oxygen atoms in total. The molecule has 0 bridgehead atoms. The van der Waals surface area contributed by atoms with E-state index in [4.69, 9.17) is 126 Å². The molecule has 44 heteroatoms. The summed E-state index contributed by atoms with van der Waals surface area (Å²) in [7, 11) is 8.64. The number of hydrogen-bond acceptors (Lipinski definition) is 30. The molecule has 800 valence electrons. The van der Waals surface area contributed by atoms with Gasteiger partial charge in [-0.05, 0) is 198 Å². The molecule has 145 heavy (non-hydrogen) atoms. The molecule has 0 saturated heterocycles. The molecule has 6 heterocycles. The molecule has 1 atom stereocenters. The molecule has 6 fully saturated rings. The molecule has 0 spiro atoms. The summed E-state index contributed by atoms with van der Waals surface area (Å²) in [6.07, 6.45) is -73.6. The van der Waals surface area contributed by atoms with E-state index in [1.54, 1.807) is 109 Å². The number of ketones is 1. The van der Waals surface area contributed by atoms with Crippen LogP contribution < -0.4 is 96.6 Å². The van der Waals surface area contributed by atoms with Crippen LogP contribution in [0.1, 0.15) is 373 Å². The number of H-pyrrole nitrogens is 1. The number of fused-ring (bicyclic) bond motifs is 2. The Kier molecular flexibility index (Phi) is 43.6. The average Bonchev–Trinajstić information content (AvgIpc) is 1.47. The van der Waals surface area contributed by atoms with Crippen molar-refractivity contribution in [3.63, 3.8) is 0 Å². The van der Waals surface area contributed by atoms with Gasteiger partial charge in [0.15, 0.2) is 18.9 Å². The third-order valence-corrected chi connectivity index (χ3v) is 15.3. The number of alkyl halides is 2. The molecular weight excluding hydrogens is 2280 g/mol. The van der Waals surface area contributed by atoms with Gasteiger partial charge in [0.25, 0.3) is 0 Å². The minimum Gasteiger partial charge on any atom is -0.855 e. The molecule has 0 aromatic carbocycles. The molecule has 3 N–H and O–H groups in total. The second kappa shape index (κ2) is 90.7. The Morgan fingerprint density at radius 1 is 0.717 bits per heavy atom. The first-order valence-electron chi connectivity index (χ1n) is 72.2. The maximum Gasteiger partial charge on any atom is 1.00 e. The zero-order valence-electron chi connectivity index (χ0n) is 146. The number of carbonyl (C=O) groups excluding carboxylic acids is 8. The first-order chi connectivity index (χ1) is 91.0. The van der Waals surface area contributed by atoms with Crippen LogP contribution in [-0.2, 0) is 104 Å². The Morgan fingerprint density at radius 2 is 1.14 bits per heavy atom. The second-order valence-corrected chi connectivity index (χ2v) is 29.6. The number of aromatic amines is 1. The molecule has 6 aliphatic rings. The SMILES string of the molecule is CC(C)(C)C(=O)OCn1ccc2c(-c3cn[nH]c3)ncnc21.CC(C)(C)[O-].CCOC(=O)CC(C)=O.CCOCC.CC[O-].CNOC.N#CCOP=O.[2H]C([2H])(Br)C([2H])([2H])C([2H])([2H])C([2H])([2H])Br.[2H]C1([2H])C([2H])([2H])C([2H])([2H])C(C(=O)OCC)(C(=O)OCC)C1([2H])[2H].[2H]C1([2H])C([2H])([2H])C([2H])([2H])C([2H])(C(=O)N(C)OC)C1([2H])[2H].[2H]C1([2H])C([2H])([2H])C([2H])([2H])C([2H])(C(=O)O)C1([2H])[2H].[2H]C1([2H])C([2H])([2H])C([2H])([2H])C([2H])(C(C[N+]#[C-])n2cc(-c3ncnc4c3ccn4COC(=O)C(C)(C)C)cn2)C1([2H])[2H].[2H]C1([2H])C([2H])([2H])C([2H])([2H])C([2H])(C=CC#N)C1([2H])[2H].[2H]C1([2H])C([2H])([2H])C([2H])([2H])C([2H])(C=O)C1([2H])[2H].[2H][B].[K+].[Na+].[U]. The van der Waals surface area contributed by atoms with Crippen LogP contribution in [-0.4, -0.2) is 220 Å². The fourth-order valence-corrected chi connectivity index (χ4v) is 8.85.